The zero-order valence-corrected chi connectivity index (χ0v) is 16.7. The van der Waals surface area contributed by atoms with Crippen LogP contribution in [-0.4, -0.2) is 10.4 Å². The molecule has 0 atom stereocenters. The molecule has 2 heterocycles. The van der Waals surface area contributed by atoms with E-state index >= 15 is 0 Å². The number of fused-ring (bicyclic) bond motifs is 1. The number of unbranched alkanes of at least 4 members (excludes halogenated alkanes) is 4. The minimum atomic E-state index is -0.0763. The summed E-state index contributed by atoms with van der Waals surface area (Å²) in [5, 5.41) is 0. The van der Waals surface area contributed by atoms with Crippen molar-refractivity contribution in [3.05, 3.63) is 48.4 Å². The zero-order chi connectivity index (χ0) is 17.6. The number of carbonyl (C=O) groups is 1. The van der Waals surface area contributed by atoms with E-state index < -0.39 is 0 Å². The van der Waals surface area contributed by atoms with Gasteiger partial charge in [-0.2, -0.15) is 0 Å². The smallest absolute Gasteiger partial charge is 0.356 e. The number of para-hydroxylation sites is 2. The SMILES string of the molecule is CCCCCCCn1c(N)[n+](CC(=O)c2ccco2)c2ccccc21.[Br-]. The minimum Gasteiger partial charge on any atom is -1.00 e. The highest BCUT2D eigenvalue weighted by molar-refractivity contribution is 5.92. The third-order valence-corrected chi connectivity index (χ3v) is 4.60. The third-order valence-electron chi connectivity index (χ3n) is 4.60. The molecule has 0 fully saturated rings. The molecule has 3 rings (SSSR count). The summed E-state index contributed by atoms with van der Waals surface area (Å²) in [6, 6.07) is 11.5. The van der Waals surface area contributed by atoms with Gasteiger partial charge in [-0.25, -0.2) is 9.13 Å². The molecule has 0 amide bonds. The van der Waals surface area contributed by atoms with Gasteiger partial charge in [-0.15, -0.1) is 0 Å². The summed E-state index contributed by atoms with van der Waals surface area (Å²) in [7, 11) is 0. The van der Waals surface area contributed by atoms with E-state index in [1.54, 1.807) is 12.1 Å². The Morgan fingerprint density at radius 3 is 2.62 bits per heavy atom. The monoisotopic (exact) mass is 419 g/mol. The van der Waals surface area contributed by atoms with Gasteiger partial charge in [-0.1, -0.05) is 44.7 Å². The van der Waals surface area contributed by atoms with Crippen molar-refractivity contribution in [2.24, 2.45) is 0 Å². The molecular weight excluding hydrogens is 394 g/mol. The van der Waals surface area contributed by atoms with Crippen LogP contribution in [0.1, 0.15) is 49.6 Å². The van der Waals surface area contributed by atoms with Crippen LogP contribution in [0.3, 0.4) is 0 Å². The number of furan rings is 1. The predicted octanol–water partition coefficient (Wildman–Crippen LogP) is 0.961. The van der Waals surface area contributed by atoms with Gasteiger partial charge in [0.1, 0.15) is 17.6 Å². The molecule has 6 heteroatoms. The van der Waals surface area contributed by atoms with Gasteiger partial charge >= 0.3 is 5.95 Å². The zero-order valence-electron chi connectivity index (χ0n) is 15.2. The van der Waals surface area contributed by atoms with Crippen molar-refractivity contribution in [1.82, 2.24) is 4.57 Å². The maximum absolute atomic E-state index is 12.4. The highest BCUT2D eigenvalue weighted by Gasteiger charge is 2.23. The van der Waals surface area contributed by atoms with Crippen molar-refractivity contribution >= 4 is 22.8 Å². The van der Waals surface area contributed by atoms with Crippen molar-refractivity contribution in [2.75, 3.05) is 5.73 Å². The Morgan fingerprint density at radius 1 is 1.12 bits per heavy atom. The summed E-state index contributed by atoms with van der Waals surface area (Å²) in [5.74, 6) is 0.910. The van der Waals surface area contributed by atoms with Crippen molar-refractivity contribution in [1.29, 1.82) is 0 Å². The first-order valence-corrected chi connectivity index (χ1v) is 9.05. The van der Waals surface area contributed by atoms with Gasteiger partial charge in [0.05, 0.1) is 12.8 Å². The first kappa shape index (κ1) is 20.2. The number of Topliss-reactive ketones (excluding diaryl/α,β-unsaturated/α-hetero) is 1. The van der Waals surface area contributed by atoms with Crippen LogP contribution in [0, 0.1) is 0 Å². The number of nitrogens with zero attached hydrogens (tertiary/aromatic N) is 2. The fourth-order valence-corrected chi connectivity index (χ4v) is 3.25. The molecule has 0 radical (unpaired) electrons. The lowest BCUT2D eigenvalue weighted by Crippen LogP contribution is -3.00. The Kier molecular flexibility index (Phi) is 7.45. The van der Waals surface area contributed by atoms with Gasteiger partial charge in [-0.05, 0) is 30.7 Å². The van der Waals surface area contributed by atoms with Crippen LogP contribution in [0.4, 0.5) is 5.95 Å². The van der Waals surface area contributed by atoms with E-state index in [0.29, 0.717) is 11.7 Å². The normalized spacial score (nSPS) is 10.8. The summed E-state index contributed by atoms with van der Waals surface area (Å²) in [6.45, 7) is 3.27. The van der Waals surface area contributed by atoms with Crippen LogP contribution < -0.4 is 27.3 Å². The molecule has 0 saturated carbocycles. The highest BCUT2D eigenvalue weighted by atomic mass is 79.9. The Morgan fingerprint density at radius 2 is 1.88 bits per heavy atom. The van der Waals surface area contributed by atoms with E-state index in [1.807, 2.05) is 22.8 Å². The van der Waals surface area contributed by atoms with Crippen LogP contribution in [-0.2, 0) is 13.1 Å². The topological polar surface area (TPSA) is 65.0 Å². The average Bonchev–Trinajstić information content (AvgIpc) is 3.24. The van der Waals surface area contributed by atoms with Crippen LogP contribution >= 0.6 is 0 Å². The Balaban J connectivity index is 0.00000243. The largest absolute Gasteiger partial charge is 1.00 e. The predicted molar refractivity (Wildman–Crippen MR) is 98.3 cm³/mol. The minimum absolute atomic E-state index is 0. The van der Waals surface area contributed by atoms with E-state index in [-0.39, 0.29) is 29.3 Å². The van der Waals surface area contributed by atoms with Crippen molar-refractivity contribution in [2.45, 2.75) is 52.1 Å². The quantitative estimate of drug-likeness (QED) is 0.319. The molecule has 140 valence electrons. The van der Waals surface area contributed by atoms with Gasteiger partial charge in [0.15, 0.2) is 5.76 Å². The lowest BCUT2D eigenvalue weighted by atomic mass is 10.1. The van der Waals surface area contributed by atoms with Crippen molar-refractivity contribution < 1.29 is 30.8 Å². The van der Waals surface area contributed by atoms with Gasteiger partial charge in [0, 0.05) is 0 Å². The summed E-state index contributed by atoms with van der Waals surface area (Å²) in [5.41, 5.74) is 8.45. The van der Waals surface area contributed by atoms with E-state index in [4.69, 9.17) is 10.2 Å². The molecule has 26 heavy (non-hydrogen) atoms. The Bertz CT molecular complexity index is 840. The molecule has 0 aliphatic heterocycles. The van der Waals surface area contributed by atoms with Crippen LogP contribution in [0.15, 0.2) is 47.1 Å². The van der Waals surface area contributed by atoms with E-state index in [1.165, 1.54) is 31.9 Å². The molecule has 0 unspecified atom stereocenters. The number of nitrogen functional groups attached to an aromatic ring is 1. The first-order chi connectivity index (χ1) is 12.2. The number of nitrogens with two attached hydrogens (primary N) is 1. The molecule has 1 aromatic carbocycles. The van der Waals surface area contributed by atoms with Crippen molar-refractivity contribution in [3.63, 3.8) is 0 Å². The van der Waals surface area contributed by atoms with Crippen LogP contribution in [0.5, 0.6) is 0 Å². The molecule has 0 aliphatic carbocycles. The number of aromatic nitrogens is 2. The number of benzene rings is 1. The van der Waals surface area contributed by atoms with Gasteiger partial charge < -0.3 is 21.4 Å². The van der Waals surface area contributed by atoms with E-state index in [2.05, 4.69) is 17.6 Å². The molecular formula is C20H26BrN3O2. The number of anilines is 1. The van der Waals surface area contributed by atoms with Gasteiger partial charge in [0.25, 0.3) is 0 Å². The summed E-state index contributed by atoms with van der Waals surface area (Å²) < 4.78 is 9.22. The summed E-state index contributed by atoms with van der Waals surface area (Å²) in [4.78, 5) is 12.4. The summed E-state index contributed by atoms with van der Waals surface area (Å²) in [6.07, 6.45) is 7.58. The maximum Gasteiger partial charge on any atom is 0.356 e. The Labute approximate surface area is 164 Å². The fourth-order valence-electron chi connectivity index (χ4n) is 3.25. The second-order valence-corrected chi connectivity index (χ2v) is 6.40. The number of aryl methyl sites for hydroxylation is 1. The molecule has 2 N–H and O–H groups in total. The molecule has 0 aliphatic rings. The molecule has 0 spiro atoms. The number of rotatable bonds is 9. The standard InChI is InChI=1S/C20H25N3O2.BrH/c1-2-3-4-5-8-13-22-16-10-6-7-11-17(16)23(20(22)21)15-18(24)19-12-9-14-25-19;/h6-7,9-12,14,21H,2-5,8,13,15H2,1H3;1H. The number of carbonyl (C=O) groups excluding carboxylic acids is 1. The molecule has 0 bridgehead atoms. The lowest BCUT2D eigenvalue weighted by molar-refractivity contribution is -0.642. The van der Waals surface area contributed by atoms with E-state index in [9.17, 15) is 4.79 Å². The van der Waals surface area contributed by atoms with Crippen LogP contribution in [0.25, 0.3) is 11.0 Å². The third kappa shape index (κ3) is 4.36. The maximum atomic E-state index is 12.4. The molecule has 0 saturated heterocycles. The number of imidazole rings is 1. The molecule has 2 aromatic heterocycles. The number of ketones is 1. The molecule has 3 aromatic rings. The summed E-state index contributed by atoms with van der Waals surface area (Å²) >= 11 is 0. The fraction of sp³-hybridized carbons (Fsp3) is 0.400. The van der Waals surface area contributed by atoms with E-state index in [0.717, 1.165) is 24.0 Å². The highest BCUT2D eigenvalue weighted by Crippen LogP contribution is 2.18. The number of hydrogen-bond donors (Lipinski definition) is 1. The Hall–Kier alpha value is -2.08. The lowest BCUT2D eigenvalue weighted by Gasteiger charge is -2.02. The van der Waals surface area contributed by atoms with Gasteiger partial charge in [-0.3, -0.25) is 10.5 Å². The second kappa shape index (κ2) is 9.57. The van der Waals surface area contributed by atoms with Gasteiger partial charge in [0.2, 0.25) is 5.78 Å². The second-order valence-electron chi connectivity index (χ2n) is 6.40. The van der Waals surface area contributed by atoms with Crippen molar-refractivity contribution in [3.8, 4) is 0 Å². The van der Waals surface area contributed by atoms with Crippen LogP contribution in [0.2, 0.25) is 0 Å². The molecule has 5 nitrogen and oxygen atoms in total. The first-order valence-electron chi connectivity index (χ1n) is 9.05. The number of halogens is 1. The number of hydrogen-bond acceptors (Lipinski definition) is 3. The average molecular weight is 420 g/mol.